The minimum absolute atomic E-state index is 0.727. The van der Waals surface area contributed by atoms with Crippen molar-refractivity contribution in [3.63, 3.8) is 0 Å². The molecule has 3 heteroatoms. The van der Waals surface area contributed by atoms with Crippen molar-refractivity contribution >= 4 is 11.8 Å². The number of hydrogen-bond acceptors (Lipinski definition) is 3. The van der Waals surface area contributed by atoms with E-state index in [0.717, 1.165) is 24.4 Å². The van der Waals surface area contributed by atoms with Gasteiger partial charge in [-0.15, -0.1) is 0 Å². The minimum Gasteiger partial charge on any atom is -0.301 e. The SMILES string of the molecule is CSCCN(C)Cc1ccc(C#N)cc1. The summed E-state index contributed by atoms with van der Waals surface area (Å²) >= 11 is 1.86. The molecule has 0 atom stereocenters. The summed E-state index contributed by atoms with van der Waals surface area (Å²) in [5.74, 6) is 1.16. The van der Waals surface area contributed by atoms with Gasteiger partial charge in [-0.25, -0.2) is 0 Å². The van der Waals surface area contributed by atoms with Gasteiger partial charge >= 0.3 is 0 Å². The van der Waals surface area contributed by atoms with E-state index in [1.54, 1.807) is 0 Å². The zero-order chi connectivity index (χ0) is 11.1. The van der Waals surface area contributed by atoms with Crippen LogP contribution in [0.5, 0.6) is 0 Å². The smallest absolute Gasteiger partial charge is 0.0991 e. The van der Waals surface area contributed by atoms with Crippen molar-refractivity contribution in [3.8, 4) is 6.07 Å². The molecule has 1 rings (SSSR count). The summed E-state index contributed by atoms with van der Waals surface area (Å²) < 4.78 is 0. The highest BCUT2D eigenvalue weighted by molar-refractivity contribution is 7.98. The Hall–Kier alpha value is -0.980. The van der Waals surface area contributed by atoms with E-state index >= 15 is 0 Å². The topological polar surface area (TPSA) is 27.0 Å². The van der Waals surface area contributed by atoms with Crippen molar-refractivity contribution in [1.82, 2.24) is 4.90 Å². The minimum atomic E-state index is 0.727. The molecule has 80 valence electrons. The van der Waals surface area contributed by atoms with Crippen LogP contribution in [-0.2, 0) is 6.54 Å². The summed E-state index contributed by atoms with van der Waals surface area (Å²) in [6.45, 7) is 2.05. The summed E-state index contributed by atoms with van der Waals surface area (Å²) in [6.07, 6.45) is 2.12. The summed E-state index contributed by atoms with van der Waals surface area (Å²) in [4.78, 5) is 2.29. The molecular weight excluding hydrogens is 204 g/mol. The molecule has 0 aromatic heterocycles. The summed E-state index contributed by atoms with van der Waals surface area (Å²) in [7, 11) is 2.12. The van der Waals surface area contributed by atoms with Gasteiger partial charge in [-0.3, -0.25) is 0 Å². The highest BCUT2D eigenvalue weighted by Gasteiger charge is 1.99. The summed E-state index contributed by atoms with van der Waals surface area (Å²) in [5.41, 5.74) is 1.99. The molecule has 0 saturated carbocycles. The maximum absolute atomic E-state index is 8.66. The maximum atomic E-state index is 8.66. The first-order chi connectivity index (χ1) is 7.26. The lowest BCUT2D eigenvalue weighted by atomic mass is 10.1. The van der Waals surface area contributed by atoms with Gasteiger partial charge in [-0.1, -0.05) is 12.1 Å². The molecule has 0 amide bonds. The van der Waals surface area contributed by atoms with E-state index in [-0.39, 0.29) is 0 Å². The number of thioether (sulfide) groups is 1. The van der Waals surface area contributed by atoms with Gasteiger partial charge in [0.15, 0.2) is 0 Å². The monoisotopic (exact) mass is 220 g/mol. The zero-order valence-corrected chi connectivity index (χ0v) is 10.0. The molecule has 1 aromatic rings. The average Bonchev–Trinajstić information content (AvgIpc) is 2.27. The fraction of sp³-hybridized carbons (Fsp3) is 0.417. The van der Waals surface area contributed by atoms with E-state index in [2.05, 4.69) is 24.3 Å². The zero-order valence-electron chi connectivity index (χ0n) is 9.23. The molecule has 0 radical (unpaired) electrons. The first kappa shape index (κ1) is 12.1. The van der Waals surface area contributed by atoms with Crippen molar-refractivity contribution in [3.05, 3.63) is 35.4 Å². The van der Waals surface area contributed by atoms with Crippen LogP contribution in [0, 0.1) is 11.3 Å². The number of hydrogen-bond donors (Lipinski definition) is 0. The molecule has 0 fully saturated rings. The Morgan fingerprint density at radius 3 is 2.53 bits per heavy atom. The van der Waals surface area contributed by atoms with Gasteiger partial charge in [-0.05, 0) is 31.0 Å². The third kappa shape index (κ3) is 4.37. The van der Waals surface area contributed by atoms with Crippen molar-refractivity contribution in [2.45, 2.75) is 6.54 Å². The first-order valence-electron chi connectivity index (χ1n) is 4.93. The number of benzene rings is 1. The quantitative estimate of drug-likeness (QED) is 0.762. The fourth-order valence-corrected chi connectivity index (χ4v) is 1.82. The number of rotatable bonds is 5. The lowest BCUT2D eigenvalue weighted by Crippen LogP contribution is -2.20. The maximum Gasteiger partial charge on any atom is 0.0991 e. The molecule has 0 aliphatic heterocycles. The third-order valence-electron chi connectivity index (χ3n) is 2.21. The Labute approximate surface area is 95.9 Å². The van der Waals surface area contributed by atoms with Crippen molar-refractivity contribution in [1.29, 1.82) is 5.26 Å². The van der Waals surface area contributed by atoms with Crippen LogP contribution >= 0.6 is 11.8 Å². The summed E-state index contributed by atoms with van der Waals surface area (Å²) in [5, 5.41) is 8.66. The Kier molecular flexibility index (Phi) is 5.23. The lowest BCUT2D eigenvalue weighted by molar-refractivity contribution is 0.349. The molecule has 0 N–H and O–H groups in total. The predicted octanol–water partition coefficient (Wildman–Crippen LogP) is 2.35. The van der Waals surface area contributed by atoms with Gasteiger partial charge in [0.1, 0.15) is 0 Å². The van der Waals surface area contributed by atoms with Crippen LogP contribution < -0.4 is 0 Å². The molecule has 0 aliphatic carbocycles. The van der Waals surface area contributed by atoms with Gasteiger partial charge in [0, 0.05) is 18.8 Å². The highest BCUT2D eigenvalue weighted by atomic mass is 32.2. The van der Waals surface area contributed by atoms with E-state index in [4.69, 9.17) is 5.26 Å². The Bertz CT molecular complexity index is 326. The molecule has 0 aliphatic rings. The van der Waals surface area contributed by atoms with E-state index in [9.17, 15) is 0 Å². The number of nitrogens with zero attached hydrogens (tertiary/aromatic N) is 2. The second-order valence-corrected chi connectivity index (χ2v) is 4.52. The Morgan fingerprint density at radius 2 is 2.00 bits per heavy atom. The van der Waals surface area contributed by atoms with Crippen LogP contribution in [0.1, 0.15) is 11.1 Å². The highest BCUT2D eigenvalue weighted by Crippen LogP contribution is 2.06. The second-order valence-electron chi connectivity index (χ2n) is 3.54. The average molecular weight is 220 g/mol. The number of nitriles is 1. The molecular formula is C12H16N2S. The Balaban J connectivity index is 2.47. The lowest BCUT2D eigenvalue weighted by Gasteiger charge is -2.15. The molecule has 0 bridgehead atoms. The summed E-state index contributed by atoms with van der Waals surface area (Å²) in [6, 6.07) is 9.91. The molecule has 0 unspecified atom stereocenters. The van der Waals surface area contributed by atoms with Crippen LogP contribution in [0.15, 0.2) is 24.3 Å². The Morgan fingerprint density at radius 1 is 1.33 bits per heavy atom. The van der Waals surface area contributed by atoms with Crippen molar-refractivity contribution in [2.75, 3.05) is 25.6 Å². The van der Waals surface area contributed by atoms with Crippen molar-refractivity contribution in [2.24, 2.45) is 0 Å². The molecule has 0 saturated heterocycles. The van der Waals surface area contributed by atoms with Crippen LogP contribution in [0.2, 0.25) is 0 Å². The van der Waals surface area contributed by atoms with Gasteiger partial charge in [0.25, 0.3) is 0 Å². The van der Waals surface area contributed by atoms with E-state index in [1.807, 2.05) is 36.0 Å². The second kappa shape index (κ2) is 6.49. The van der Waals surface area contributed by atoms with Crippen molar-refractivity contribution < 1.29 is 0 Å². The third-order valence-corrected chi connectivity index (χ3v) is 2.80. The molecule has 0 spiro atoms. The largest absolute Gasteiger partial charge is 0.301 e. The van der Waals surface area contributed by atoms with Crippen LogP contribution in [0.4, 0.5) is 0 Å². The van der Waals surface area contributed by atoms with Crippen LogP contribution in [-0.4, -0.2) is 30.5 Å². The molecule has 1 aromatic carbocycles. The van der Waals surface area contributed by atoms with Crippen LogP contribution in [0.25, 0.3) is 0 Å². The van der Waals surface area contributed by atoms with Gasteiger partial charge < -0.3 is 4.90 Å². The molecule has 15 heavy (non-hydrogen) atoms. The van der Waals surface area contributed by atoms with Gasteiger partial charge in [0.2, 0.25) is 0 Å². The van der Waals surface area contributed by atoms with Gasteiger partial charge in [-0.2, -0.15) is 17.0 Å². The molecule has 0 heterocycles. The normalized spacial score (nSPS) is 10.3. The van der Waals surface area contributed by atoms with Gasteiger partial charge in [0.05, 0.1) is 11.6 Å². The predicted molar refractivity (Wildman–Crippen MR) is 65.9 cm³/mol. The fourth-order valence-electron chi connectivity index (χ4n) is 1.32. The van der Waals surface area contributed by atoms with E-state index < -0.39 is 0 Å². The van der Waals surface area contributed by atoms with E-state index in [0.29, 0.717) is 0 Å². The molecule has 2 nitrogen and oxygen atoms in total. The van der Waals surface area contributed by atoms with Crippen LogP contribution in [0.3, 0.4) is 0 Å². The first-order valence-corrected chi connectivity index (χ1v) is 6.32. The standard InChI is InChI=1S/C12H16N2S/c1-14(7-8-15-2)10-12-5-3-11(9-13)4-6-12/h3-6H,7-8,10H2,1-2H3. The van der Waals surface area contributed by atoms with E-state index in [1.165, 1.54) is 5.56 Å².